The van der Waals surface area contributed by atoms with Crippen LogP contribution in [0.4, 0.5) is 0 Å². The average Bonchev–Trinajstić information content (AvgIpc) is 2.74. The number of nitrogens with zero attached hydrogens (tertiary/aromatic N) is 2. The Labute approximate surface area is 163 Å². The van der Waals surface area contributed by atoms with Crippen molar-refractivity contribution < 1.29 is 4.74 Å². The summed E-state index contributed by atoms with van der Waals surface area (Å²) in [7, 11) is 0. The first-order chi connectivity index (χ1) is 13.9. The zero-order valence-corrected chi connectivity index (χ0v) is 15.3. The monoisotopic (exact) mass is 365 g/mol. The van der Waals surface area contributed by atoms with Crippen LogP contribution in [-0.4, -0.2) is 35.0 Å². The van der Waals surface area contributed by atoms with Crippen LogP contribution in [0.3, 0.4) is 0 Å². The van der Waals surface area contributed by atoms with Gasteiger partial charge in [0.25, 0.3) is 0 Å². The van der Waals surface area contributed by atoms with Gasteiger partial charge in [0.15, 0.2) is 6.10 Å². The number of allylic oxidation sites excluding steroid dienone is 5. The predicted octanol–water partition coefficient (Wildman–Crippen LogP) is 3.30. The SMILES string of the molecule is C1=CN2CC=CC3=C2C(=C1)C=C1NC2=CC4=CC=CN5CC=CC(=C2OC13)C45. The fraction of sp³-hybridized carbons (Fsp3) is 0.167. The Balaban J connectivity index is 1.40. The summed E-state index contributed by atoms with van der Waals surface area (Å²) in [5.74, 6) is 0.984. The molecule has 0 amide bonds. The van der Waals surface area contributed by atoms with E-state index in [0.717, 1.165) is 30.2 Å². The minimum absolute atomic E-state index is 0.0919. The van der Waals surface area contributed by atoms with Crippen LogP contribution in [0.25, 0.3) is 0 Å². The zero-order valence-electron chi connectivity index (χ0n) is 15.3. The highest BCUT2D eigenvalue weighted by Crippen LogP contribution is 2.44. The van der Waals surface area contributed by atoms with Crippen molar-refractivity contribution in [3.63, 3.8) is 0 Å². The molecule has 136 valence electrons. The van der Waals surface area contributed by atoms with E-state index in [-0.39, 0.29) is 12.1 Å². The highest BCUT2D eigenvalue weighted by atomic mass is 16.5. The van der Waals surface area contributed by atoms with Crippen LogP contribution >= 0.6 is 0 Å². The van der Waals surface area contributed by atoms with E-state index in [1.165, 1.54) is 28.0 Å². The van der Waals surface area contributed by atoms with Crippen LogP contribution in [0.5, 0.6) is 0 Å². The molecule has 1 N–H and O–H groups in total. The second kappa shape index (κ2) is 5.10. The number of hydrogen-bond donors (Lipinski definition) is 1. The van der Waals surface area contributed by atoms with Crippen molar-refractivity contribution >= 4 is 0 Å². The van der Waals surface area contributed by atoms with E-state index in [1.54, 1.807) is 0 Å². The molecule has 0 radical (unpaired) electrons. The molecule has 0 aromatic heterocycles. The molecular formula is C24H19N3O. The maximum Gasteiger partial charge on any atom is 0.166 e. The molecule has 0 aromatic carbocycles. The Kier molecular flexibility index (Phi) is 2.67. The second-order valence-electron chi connectivity index (χ2n) is 7.90. The molecule has 7 aliphatic rings. The Hall–Kier alpha value is -3.40. The first-order valence-corrected chi connectivity index (χ1v) is 9.85. The zero-order chi connectivity index (χ0) is 18.2. The van der Waals surface area contributed by atoms with Crippen molar-refractivity contribution in [2.75, 3.05) is 13.1 Å². The van der Waals surface area contributed by atoms with Gasteiger partial charge in [-0.25, -0.2) is 0 Å². The second-order valence-corrected chi connectivity index (χ2v) is 7.90. The number of morpholine rings is 1. The van der Waals surface area contributed by atoms with E-state index in [9.17, 15) is 0 Å². The van der Waals surface area contributed by atoms with Gasteiger partial charge in [0.1, 0.15) is 5.76 Å². The van der Waals surface area contributed by atoms with Gasteiger partial charge in [0, 0.05) is 42.2 Å². The van der Waals surface area contributed by atoms with E-state index in [4.69, 9.17) is 4.74 Å². The maximum atomic E-state index is 6.73. The van der Waals surface area contributed by atoms with Gasteiger partial charge in [-0.05, 0) is 29.9 Å². The molecule has 2 aliphatic carbocycles. The highest BCUT2D eigenvalue weighted by Gasteiger charge is 2.41. The van der Waals surface area contributed by atoms with Crippen LogP contribution in [0.1, 0.15) is 0 Å². The Morgan fingerprint density at radius 3 is 2.86 bits per heavy atom. The van der Waals surface area contributed by atoms with Gasteiger partial charge in [-0.2, -0.15) is 0 Å². The van der Waals surface area contributed by atoms with E-state index >= 15 is 0 Å². The van der Waals surface area contributed by atoms with Crippen LogP contribution < -0.4 is 5.32 Å². The molecule has 4 nitrogen and oxygen atoms in total. The van der Waals surface area contributed by atoms with Crippen LogP contribution in [0.2, 0.25) is 0 Å². The molecule has 7 rings (SSSR count). The third-order valence-corrected chi connectivity index (χ3v) is 6.31. The Morgan fingerprint density at radius 2 is 1.86 bits per heavy atom. The summed E-state index contributed by atoms with van der Waals surface area (Å²) in [5, 5.41) is 3.70. The van der Waals surface area contributed by atoms with Gasteiger partial charge in [-0.1, -0.05) is 36.5 Å². The highest BCUT2D eigenvalue weighted by molar-refractivity contribution is 5.63. The van der Waals surface area contributed by atoms with Gasteiger partial charge in [-0.3, -0.25) is 0 Å². The van der Waals surface area contributed by atoms with Gasteiger partial charge < -0.3 is 19.9 Å². The van der Waals surface area contributed by atoms with Crippen molar-refractivity contribution in [1.82, 2.24) is 15.1 Å². The topological polar surface area (TPSA) is 27.7 Å². The summed E-state index contributed by atoms with van der Waals surface area (Å²) >= 11 is 0. The van der Waals surface area contributed by atoms with Crippen molar-refractivity contribution in [3.8, 4) is 0 Å². The lowest BCUT2D eigenvalue weighted by atomic mass is 9.83. The van der Waals surface area contributed by atoms with E-state index in [1.807, 2.05) is 0 Å². The van der Waals surface area contributed by atoms with Crippen molar-refractivity contribution in [2.45, 2.75) is 12.1 Å². The lowest BCUT2D eigenvalue weighted by Gasteiger charge is -2.45. The first kappa shape index (κ1) is 14.6. The molecule has 2 unspecified atom stereocenters. The largest absolute Gasteiger partial charge is 0.477 e. The standard InChI is InChI=1S/C24H19N3O/c1-5-15-13-19-23(17-7-3-11-26(9-1)21(15)17)28-24-18-8-4-12-27-10-2-6-16(22(18)27)14-20(24)25-19/h1-10,13-14,21,24-25H,11-12H2. The number of rotatable bonds is 0. The third kappa shape index (κ3) is 1.80. The van der Waals surface area contributed by atoms with Crippen molar-refractivity contribution in [3.05, 3.63) is 118 Å². The molecule has 1 fully saturated rings. The van der Waals surface area contributed by atoms with Gasteiger partial charge in [0.05, 0.1) is 23.1 Å². The molecule has 28 heavy (non-hydrogen) atoms. The Bertz CT molecular complexity index is 1130. The fourth-order valence-corrected chi connectivity index (χ4v) is 5.16. The minimum Gasteiger partial charge on any atom is -0.477 e. The predicted molar refractivity (Wildman–Crippen MR) is 108 cm³/mol. The van der Waals surface area contributed by atoms with Crippen molar-refractivity contribution in [2.24, 2.45) is 0 Å². The van der Waals surface area contributed by atoms with Crippen LogP contribution in [0.15, 0.2) is 118 Å². The number of fused-ring (bicyclic) bond motifs is 3. The molecule has 2 atom stereocenters. The summed E-state index contributed by atoms with van der Waals surface area (Å²) in [6.45, 7) is 1.85. The molecule has 0 aromatic rings. The van der Waals surface area contributed by atoms with Crippen LogP contribution in [-0.2, 0) is 4.74 Å². The first-order valence-electron chi connectivity index (χ1n) is 9.85. The molecule has 0 spiro atoms. The van der Waals surface area contributed by atoms with Crippen LogP contribution in [0, 0.1) is 0 Å². The van der Waals surface area contributed by atoms with Gasteiger partial charge >= 0.3 is 0 Å². The maximum absolute atomic E-state index is 6.73. The van der Waals surface area contributed by atoms with E-state index in [2.05, 4.69) is 88.3 Å². The summed E-state index contributed by atoms with van der Waals surface area (Å²) in [6, 6.07) is 0.258. The lowest BCUT2D eigenvalue weighted by Crippen LogP contribution is -2.45. The van der Waals surface area contributed by atoms with E-state index < -0.39 is 0 Å². The average molecular weight is 365 g/mol. The molecular weight excluding hydrogens is 346 g/mol. The van der Waals surface area contributed by atoms with E-state index in [0.29, 0.717) is 0 Å². The number of ether oxygens (including phenoxy) is 1. The lowest BCUT2D eigenvalue weighted by molar-refractivity contribution is 0.146. The molecule has 0 bridgehead atoms. The normalized spacial score (nSPS) is 30.3. The summed E-state index contributed by atoms with van der Waals surface area (Å²) in [4.78, 5) is 4.68. The molecule has 1 saturated heterocycles. The Morgan fingerprint density at radius 1 is 0.964 bits per heavy atom. The molecule has 4 heteroatoms. The quantitative estimate of drug-likeness (QED) is 0.713. The summed E-state index contributed by atoms with van der Waals surface area (Å²) in [6.07, 6.45) is 26.3. The number of hydrogen-bond acceptors (Lipinski definition) is 4. The fourth-order valence-electron chi connectivity index (χ4n) is 5.16. The smallest absolute Gasteiger partial charge is 0.166 e. The molecule has 5 heterocycles. The number of nitrogens with one attached hydrogen (secondary N) is 1. The summed E-state index contributed by atoms with van der Waals surface area (Å²) < 4.78 is 6.73. The van der Waals surface area contributed by atoms with Gasteiger partial charge in [0.2, 0.25) is 0 Å². The molecule has 5 aliphatic heterocycles. The van der Waals surface area contributed by atoms with Crippen molar-refractivity contribution in [1.29, 1.82) is 0 Å². The summed E-state index contributed by atoms with van der Waals surface area (Å²) in [5.41, 5.74) is 8.50. The van der Waals surface area contributed by atoms with Gasteiger partial charge in [-0.15, -0.1) is 0 Å². The third-order valence-electron chi connectivity index (χ3n) is 6.31. The minimum atomic E-state index is -0.0919. The molecule has 0 saturated carbocycles.